The summed E-state index contributed by atoms with van der Waals surface area (Å²) in [5.41, 5.74) is 1.05. The number of carboxylic acid groups (broad SMARTS) is 1. The van der Waals surface area contributed by atoms with Crippen molar-refractivity contribution >= 4 is 16.7 Å². The van der Waals surface area contributed by atoms with Gasteiger partial charge in [0.15, 0.2) is 0 Å². The van der Waals surface area contributed by atoms with Crippen LogP contribution in [0.2, 0.25) is 0 Å². The Kier molecular flexibility index (Phi) is 7.29. The molecule has 174 valence electrons. The van der Waals surface area contributed by atoms with Gasteiger partial charge in [-0.2, -0.15) is 0 Å². The number of likely N-dealkylation sites (tertiary alicyclic amines) is 1. The maximum absolute atomic E-state index is 14.1. The first-order valence-electron chi connectivity index (χ1n) is 11.8. The average molecular weight is 446 g/mol. The molecule has 1 aliphatic carbocycles. The maximum Gasteiger partial charge on any atom is 0.303 e. The van der Waals surface area contributed by atoms with E-state index in [1.807, 2.05) is 18.2 Å². The molecule has 1 N–H and O–H groups in total. The number of alkyl halides is 2. The van der Waals surface area contributed by atoms with Crippen molar-refractivity contribution in [1.29, 1.82) is 0 Å². The van der Waals surface area contributed by atoms with Crippen LogP contribution in [0.25, 0.3) is 10.8 Å². The van der Waals surface area contributed by atoms with Gasteiger partial charge in [-0.3, -0.25) is 9.69 Å². The summed E-state index contributed by atoms with van der Waals surface area (Å²) in [5, 5.41) is 10.4. The van der Waals surface area contributed by atoms with Crippen LogP contribution < -0.4 is 4.74 Å². The molecule has 0 amide bonds. The Morgan fingerprint density at radius 3 is 2.66 bits per heavy atom. The summed E-state index contributed by atoms with van der Waals surface area (Å²) in [5.74, 6) is 0.420. The SMILES string of the molecule is CC1CCC(Oc2ccc3cc(CN4CCCC(CC(=O)O)C4)ccc3c2C(F)F)CC1. The number of carboxylic acids is 1. The van der Waals surface area contributed by atoms with E-state index in [2.05, 4.69) is 11.8 Å². The molecule has 1 heterocycles. The molecule has 1 saturated carbocycles. The Morgan fingerprint density at radius 1 is 1.16 bits per heavy atom. The monoisotopic (exact) mass is 445 g/mol. The lowest BCUT2D eigenvalue weighted by atomic mass is 9.89. The smallest absolute Gasteiger partial charge is 0.303 e. The van der Waals surface area contributed by atoms with Crippen molar-refractivity contribution in [1.82, 2.24) is 4.90 Å². The fraction of sp³-hybridized carbons (Fsp3) is 0.577. The van der Waals surface area contributed by atoms with Crippen LogP contribution in [0.5, 0.6) is 5.75 Å². The first-order chi connectivity index (χ1) is 15.4. The third-order valence-corrected chi connectivity index (χ3v) is 7.03. The third-order valence-electron chi connectivity index (χ3n) is 7.03. The molecule has 0 bridgehead atoms. The van der Waals surface area contributed by atoms with Crippen molar-refractivity contribution in [2.24, 2.45) is 11.8 Å². The van der Waals surface area contributed by atoms with Crippen molar-refractivity contribution in [3.63, 3.8) is 0 Å². The van der Waals surface area contributed by atoms with E-state index in [0.29, 0.717) is 23.6 Å². The van der Waals surface area contributed by atoms with Crippen LogP contribution in [0.3, 0.4) is 0 Å². The van der Waals surface area contributed by atoms with Crippen molar-refractivity contribution < 1.29 is 23.4 Å². The lowest BCUT2D eigenvalue weighted by molar-refractivity contribution is -0.138. The molecule has 6 heteroatoms. The fourth-order valence-electron chi connectivity index (χ4n) is 5.30. The number of benzene rings is 2. The van der Waals surface area contributed by atoms with Gasteiger partial charge in [-0.15, -0.1) is 0 Å². The molecule has 1 unspecified atom stereocenters. The van der Waals surface area contributed by atoms with E-state index in [4.69, 9.17) is 9.84 Å². The number of piperidine rings is 1. The summed E-state index contributed by atoms with van der Waals surface area (Å²) >= 11 is 0. The number of fused-ring (bicyclic) bond motifs is 1. The zero-order valence-electron chi connectivity index (χ0n) is 18.7. The van der Waals surface area contributed by atoms with E-state index in [1.54, 1.807) is 12.1 Å². The minimum Gasteiger partial charge on any atom is -0.490 e. The molecule has 1 atom stereocenters. The number of nitrogens with zero attached hydrogens (tertiary/aromatic N) is 1. The molecule has 1 saturated heterocycles. The van der Waals surface area contributed by atoms with Gasteiger partial charge in [0.2, 0.25) is 0 Å². The van der Waals surface area contributed by atoms with Crippen LogP contribution in [-0.2, 0) is 11.3 Å². The minimum absolute atomic E-state index is 0.00725. The molecule has 2 aliphatic rings. The Bertz CT molecular complexity index is 940. The van der Waals surface area contributed by atoms with E-state index in [0.717, 1.165) is 62.6 Å². The van der Waals surface area contributed by atoms with Gasteiger partial charge in [0.1, 0.15) is 5.75 Å². The summed E-state index contributed by atoms with van der Waals surface area (Å²) in [6, 6.07) is 9.28. The van der Waals surface area contributed by atoms with Crippen LogP contribution >= 0.6 is 0 Å². The van der Waals surface area contributed by atoms with E-state index in [-0.39, 0.29) is 24.0 Å². The van der Waals surface area contributed by atoms with Crippen LogP contribution in [0.4, 0.5) is 8.78 Å². The highest BCUT2D eigenvalue weighted by Gasteiger charge is 2.25. The molecule has 32 heavy (non-hydrogen) atoms. The Morgan fingerprint density at radius 2 is 1.94 bits per heavy atom. The van der Waals surface area contributed by atoms with Crippen molar-refractivity contribution in [2.45, 2.75) is 70.9 Å². The van der Waals surface area contributed by atoms with E-state index in [1.165, 1.54) is 0 Å². The van der Waals surface area contributed by atoms with E-state index >= 15 is 0 Å². The molecule has 4 rings (SSSR count). The number of aliphatic carboxylic acids is 1. The van der Waals surface area contributed by atoms with E-state index < -0.39 is 12.4 Å². The molecule has 2 fully saturated rings. The van der Waals surface area contributed by atoms with Gasteiger partial charge in [-0.05, 0) is 85.4 Å². The largest absolute Gasteiger partial charge is 0.490 e. The Hall–Kier alpha value is -2.21. The maximum atomic E-state index is 14.1. The summed E-state index contributed by atoms with van der Waals surface area (Å²) in [6.45, 7) is 4.63. The van der Waals surface area contributed by atoms with E-state index in [9.17, 15) is 13.6 Å². The van der Waals surface area contributed by atoms with Gasteiger partial charge in [0.05, 0.1) is 11.7 Å². The van der Waals surface area contributed by atoms with Crippen LogP contribution in [0.1, 0.15) is 69.4 Å². The van der Waals surface area contributed by atoms with Gasteiger partial charge < -0.3 is 9.84 Å². The van der Waals surface area contributed by atoms with Gasteiger partial charge in [-0.1, -0.05) is 25.1 Å². The van der Waals surface area contributed by atoms with Gasteiger partial charge in [-0.25, -0.2) is 8.78 Å². The molecule has 0 radical (unpaired) electrons. The highest BCUT2D eigenvalue weighted by molar-refractivity contribution is 5.88. The summed E-state index contributed by atoms with van der Waals surface area (Å²) in [6.07, 6.45) is 3.54. The molecule has 2 aromatic rings. The molecular weight excluding hydrogens is 412 g/mol. The standard InChI is InChI=1S/C26H33F2NO3/c1-17-4-8-21(9-5-17)32-23-11-7-20-13-19(6-10-22(20)25(23)26(27)28)16-29-12-2-3-18(15-29)14-24(30)31/h6-7,10-11,13,17-18,21,26H,2-5,8-9,12,14-16H2,1H3,(H,30,31). The highest BCUT2D eigenvalue weighted by atomic mass is 19.3. The van der Waals surface area contributed by atoms with Crippen molar-refractivity contribution in [3.05, 3.63) is 41.5 Å². The lowest BCUT2D eigenvalue weighted by Gasteiger charge is -2.32. The second kappa shape index (κ2) is 10.2. The van der Waals surface area contributed by atoms with Crippen molar-refractivity contribution in [3.8, 4) is 5.75 Å². The molecule has 2 aromatic carbocycles. The number of carbonyl (C=O) groups is 1. The lowest BCUT2D eigenvalue weighted by Crippen LogP contribution is -2.35. The van der Waals surface area contributed by atoms with Crippen LogP contribution in [0, 0.1) is 11.8 Å². The predicted molar refractivity (Wildman–Crippen MR) is 121 cm³/mol. The zero-order valence-corrected chi connectivity index (χ0v) is 18.7. The topological polar surface area (TPSA) is 49.8 Å². The Balaban J connectivity index is 1.51. The third kappa shape index (κ3) is 5.58. The number of ether oxygens (including phenoxy) is 1. The van der Waals surface area contributed by atoms with Gasteiger partial charge in [0, 0.05) is 19.5 Å². The normalized spacial score (nSPS) is 24.7. The fourth-order valence-corrected chi connectivity index (χ4v) is 5.30. The second-order valence-corrected chi connectivity index (χ2v) is 9.67. The average Bonchev–Trinajstić information content (AvgIpc) is 2.75. The Labute approximate surface area is 188 Å². The first-order valence-corrected chi connectivity index (χ1v) is 11.8. The molecule has 0 aromatic heterocycles. The van der Waals surface area contributed by atoms with Crippen LogP contribution in [0.15, 0.2) is 30.3 Å². The quantitative estimate of drug-likeness (QED) is 0.534. The number of rotatable bonds is 7. The second-order valence-electron chi connectivity index (χ2n) is 9.67. The van der Waals surface area contributed by atoms with Gasteiger partial charge in [0.25, 0.3) is 6.43 Å². The number of halogens is 2. The molecule has 0 spiro atoms. The zero-order chi connectivity index (χ0) is 22.7. The summed E-state index contributed by atoms with van der Waals surface area (Å²) < 4.78 is 34.2. The van der Waals surface area contributed by atoms with Crippen molar-refractivity contribution in [2.75, 3.05) is 13.1 Å². The highest BCUT2D eigenvalue weighted by Crippen LogP contribution is 2.38. The number of hydrogen-bond donors (Lipinski definition) is 1. The van der Waals surface area contributed by atoms with Crippen LogP contribution in [-0.4, -0.2) is 35.2 Å². The first kappa shape index (κ1) is 23.0. The number of hydrogen-bond acceptors (Lipinski definition) is 3. The minimum atomic E-state index is -2.60. The molecule has 4 nitrogen and oxygen atoms in total. The molecule has 1 aliphatic heterocycles. The van der Waals surface area contributed by atoms with Gasteiger partial charge >= 0.3 is 5.97 Å². The summed E-state index contributed by atoms with van der Waals surface area (Å²) in [7, 11) is 0. The molecular formula is C26H33F2NO3. The summed E-state index contributed by atoms with van der Waals surface area (Å²) in [4.78, 5) is 13.3. The predicted octanol–water partition coefficient (Wildman–Crippen LogP) is 6.42.